The number of sulfone groups is 2. The molecule has 0 aliphatic rings. The Kier molecular flexibility index (Phi) is 18.3. The number of aryl methyl sites for hydroxylation is 1. The lowest BCUT2D eigenvalue weighted by atomic mass is 10.0. The van der Waals surface area contributed by atoms with Crippen molar-refractivity contribution in [1.29, 1.82) is 0 Å². The molecule has 61 heavy (non-hydrogen) atoms. The van der Waals surface area contributed by atoms with Crippen LogP contribution in [0.25, 0.3) is 10.8 Å². The molecule has 0 heterocycles. The molecule has 4 aromatic rings. The maximum atomic E-state index is 13.2. The van der Waals surface area contributed by atoms with Crippen LogP contribution in [-0.4, -0.2) is 95.5 Å². The number of rotatable bonds is 25. The largest absolute Gasteiger partial charge is 0.744 e. The Labute approximate surface area is 361 Å². The number of azo groups is 2. The molecule has 0 aliphatic heterocycles. The molecule has 4 aromatic carbocycles. The van der Waals surface area contributed by atoms with Gasteiger partial charge in [-0.05, 0) is 130 Å². The van der Waals surface area contributed by atoms with Crippen LogP contribution in [0, 0.1) is 6.92 Å². The third-order valence-corrected chi connectivity index (χ3v) is 14.7. The van der Waals surface area contributed by atoms with Gasteiger partial charge in [-0.3, -0.25) is 0 Å². The van der Waals surface area contributed by atoms with E-state index in [1.54, 1.807) is 6.92 Å². The SMILES string of the molecule is CCCCN(CCCC)CCS(=O)(=O)c1ccc(N=Nc2c(C)cc3cc(S(=O)(=O)[O-])c(N=Nc4ccc(S(=O)(=O)CCN(CCCC)CCCC)cc4)c(O)c3c2N)cc1. The Balaban J connectivity index is 1.58. The molecule has 0 aromatic heterocycles. The van der Waals surface area contributed by atoms with Gasteiger partial charge in [0.25, 0.3) is 0 Å². The molecule has 0 saturated carbocycles. The average Bonchev–Trinajstić information content (AvgIpc) is 3.22. The molecule has 0 fully saturated rings. The summed E-state index contributed by atoms with van der Waals surface area (Å²) in [6.45, 7) is 14.2. The van der Waals surface area contributed by atoms with Gasteiger partial charge in [0, 0.05) is 13.1 Å². The summed E-state index contributed by atoms with van der Waals surface area (Å²) in [5.41, 5.74) is 6.80. The van der Waals surface area contributed by atoms with Crippen molar-refractivity contribution in [2.75, 3.05) is 56.5 Å². The Morgan fingerprint density at radius 3 is 1.36 bits per heavy atom. The Morgan fingerprint density at radius 1 is 0.590 bits per heavy atom. The number of hydrogen-bond acceptors (Lipinski definition) is 15. The summed E-state index contributed by atoms with van der Waals surface area (Å²) in [4.78, 5) is 3.77. The van der Waals surface area contributed by atoms with Crippen LogP contribution in [0.2, 0.25) is 0 Å². The van der Waals surface area contributed by atoms with Crippen LogP contribution < -0.4 is 5.73 Å². The fourth-order valence-electron chi connectivity index (χ4n) is 6.69. The van der Waals surface area contributed by atoms with Crippen LogP contribution in [0.1, 0.15) is 84.6 Å². The van der Waals surface area contributed by atoms with Crippen molar-refractivity contribution in [3.63, 3.8) is 0 Å². The zero-order chi connectivity index (χ0) is 44.8. The van der Waals surface area contributed by atoms with Crippen molar-refractivity contribution in [3.05, 3.63) is 66.2 Å². The molecule has 0 aliphatic carbocycles. The molecule has 0 amide bonds. The van der Waals surface area contributed by atoms with Crippen LogP contribution in [0.15, 0.2) is 95.8 Å². The molecule has 0 saturated heterocycles. The van der Waals surface area contributed by atoms with Crippen molar-refractivity contribution in [1.82, 2.24) is 9.80 Å². The van der Waals surface area contributed by atoms with Gasteiger partial charge in [0.05, 0.1) is 48.6 Å². The smallest absolute Gasteiger partial charge is 0.179 e. The second kappa shape index (κ2) is 22.7. The maximum absolute atomic E-state index is 13.2. The van der Waals surface area contributed by atoms with Crippen LogP contribution in [0.5, 0.6) is 5.75 Å². The van der Waals surface area contributed by atoms with Crippen LogP contribution in [0.4, 0.5) is 28.4 Å². The van der Waals surface area contributed by atoms with Crippen LogP contribution in [0.3, 0.4) is 0 Å². The Morgan fingerprint density at radius 2 is 0.984 bits per heavy atom. The van der Waals surface area contributed by atoms with Crippen molar-refractivity contribution in [3.8, 4) is 5.75 Å². The quantitative estimate of drug-likeness (QED) is 0.0361. The van der Waals surface area contributed by atoms with E-state index in [4.69, 9.17) is 5.73 Å². The van der Waals surface area contributed by atoms with E-state index < -0.39 is 46.1 Å². The second-order valence-electron chi connectivity index (χ2n) is 15.2. The number of phenolic OH excluding ortho intramolecular Hbond substituents is 1. The van der Waals surface area contributed by atoms with Gasteiger partial charge >= 0.3 is 0 Å². The highest BCUT2D eigenvalue weighted by molar-refractivity contribution is 7.91. The predicted octanol–water partition coefficient (Wildman–Crippen LogP) is 9.52. The third kappa shape index (κ3) is 13.8. The number of nitrogens with zero attached hydrogens (tertiary/aromatic N) is 6. The topological polar surface area (TPSA) is 228 Å². The number of hydrogen-bond donors (Lipinski definition) is 2. The Hall–Kier alpha value is -4.33. The summed E-state index contributed by atoms with van der Waals surface area (Å²) in [6.07, 6.45) is 8.05. The van der Waals surface area contributed by atoms with Crippen LogP contribution in [-0.2, 0) is 29.8 Å². The molecule has 15 nitrogen and oxygen atoms in total. The van der Waals surface area contributed by atoms with E-state index >= 15 is 0 Å². The minimum atomic E-state index is -5.19. The van der Waals surface area contributed by atoms with E-state index in [-0.39, 0.29) is 49.1 Å². The molecule has 0 unspecified atom stereocenters. The first-order valence-electron chi connectivity index (χ1n) is 20.9. The number of aromatic hydroxyl groups is 1. The van der Waals surface area contributed by atoms with Gasteiger partial charge in [-0.25, -0.2) is 25.3 Å². The molecule has 4 rings (SSSR count). The van der Waals surface area contributed by atoms with Crippen molar-refractivity contribution < 1.29 is 34.9 Å². The van der Waals surface area contributed by atoms with Gasteiger partial charge in [-0.1, -0.05) is 53.4 Å². The molecule has 0 radical (unpaired) electrons. The highest BCUT2D eigenvalue weighted by Gasteiger charge is 2.23. The third-order valence-electron chi connectivity index (χ3n) is 10.4. The molecule has 0 bridgehead atoms. The highest BCUT2D eigenvalue weighted by Crippen LogP contribution is 2.47. The van der Waals surface area contributed by atoms with E-state index in [1.807, 2.05) is 0 Å². The van der Waals surface area contributed by atoms with Gasteiger partial charge in [-0.2, -0.15) is 10.2 Å². The first-order valence-corrected chi connectivity index (χ1v) is 25.6. The van der Waals surface area contributed by atoms with E-state index in [0.717, 1.165) is 83.6 Å². The number of nitrogens with two attached hydrogens (primary N) is 1. The molecular weight excluding hydrogens is 839 g/mol. The normalized spacial score (nSPS) is 12.9. The summed E-state index contributed by atoms with van der Waals surface area (Å²) in [5, 5.41) is 28.0. The van der Waals surface area contributed by atoms with Crippen molar-refractivity contribution in [2.24, 2.45) is 20.5 Å². The standard InChI is InChI=1S/C43H61N7O8S3/c1-6-10-22-49(23-11-7-2)26-28-59(52,53)36-18-14-34(15-19-36)45-47-41-32(5)30-33-31-38(61(56,57)58)42(43(51)39(33)40(41)44)48-46-35-16-20-37(21-17-35)60(54,55)29-27-50(24-12-8-3)25-13-9-4/h14-21,30-31,51H,6-13,22-29,44H2,1-5H3,(H,56,57,58)/p-1. The van der Waals surface area contributed by atoms with Crippen LogP contribution >= 0.6 is 0 Å². The van der Waals surface area contributed by atoms with Crippen molar-refractivity contribution in [2.45, 2.75) is 101 Å². The highest BCUT2D eigenvalue weighted by atomic mass is 32.2. The number of anilines is 1. The summed E-state index contributed by atoms with van der Waals surface area (Å²) in [5.74, 6) is -0.812. The number of fused-ring (bicyclic) bond motifs is 1. The predicted molar refractivity (Wildman–Crippen MR) is 241 cm³/mol. The molecule has 334 valence electrons. The number of unbranched alkanes of at least 4 members (excludes halogenated alkanes) is 4. The van der Waals surface area contributed by atoms with Gasteiger partial charge in [0.2, 0.25) is 0 Å². The lowest BCUT2D eigenvalue weighted by Crippen LogP contribution is -2.31. The van der Waals surface area contributed by atoms with Crippen molar-refractivity contribution >= 4 is 69.0 Å². The summed E-state index contributed by atoms with van der Waals surface area (Å²) >= 11 is 0. The molecule has 3 N–H and O–H groups in total. The minimum absolute atomic E-state index is 0.0111. The summed E-state index contributed by atoms with van der Waals surface area (Å²) in [6, 6.07) is 14.1. The minimum Gasteiger partial charge on any atom is -0.744 e. The molecular formula is C43H60N7O8S3-. The number of benzene rings is 4. The fraction of sp³-hybridized carbons (Fsp3) is 0.488. The van der Waals surface area contributed by atoms with E-state index in [1.165, 1.54) is 54.6 Å². The second-order valence-corrected chi connectivity index (χ2v) is 20.8. The molecule has 0 atom stereocenters. The Bertz CT molecular complexity index is 2460. The monoisotopic (exact) mass is 898 g/mol. The fourth-order valence-corrected chi connectivity index (χ4v) is 9.91. The number of nitrogen functional groups attached to an aromatic ring is 1. The zero-order valence-corrected chi connectivity index (χ0v) is 38.3. The lowest BCUT2D eigenvalue weighted by Gasteiger charge is -2.21. The van der Waals surface area contributed by atoms with Gasteiger partial charge < -0.3 is 25.2 Å². The lowest BCUT2D eigenvalue weighted by molar-refractivity contribution is 0.280. The maximum Gasteiger partial charge on any atom is 0.179 e. The molecule has 18 heteroatoms. The summed E-state index contributed by atoms with van der Waals surface area (Å²) < 4.78 is 90.0. The number of phenols is 1. The first-order chi connectivity index (χ1) is 28.9. The summed E-state index contributed by atoms with van der Waals surface area (Å²) in [7, 11) is -12.4. The average molecular weight is 899 g/mol. The van der Waals surface area contributed by atoms with E-state index in [0.29, 0.717) is 24.3 Å². The zero-order valence-electron chi connectivity index (χ0n) is 35.9. The van der Waals surface area contributed by atoms with Gasteiger partial charge in [0.1, 0.15) is 21.5 Å². The van der Waals surface area contributed by atoms with Gasteiger partial charge in [-0.15, -0.1) is 10.2 Å². The molecule has 0 spiro atoms. The van der Waals surface area contributed by atoms with E-state index in [2.05, 4.69) is 58.0 Å². The van der Waals surface area contributed by atoms with Gasteiger partial charge in [0.15, 0.2) is 25.4 Å². The first kappa shape index (κ1) is 49.3. The van der Waals surface area contributed by atoms with E-state index in [9.17, 15) is 34.9 Å².